The summed E-state index contributed by atoms with van der Waals surface area (Å²) in [6, 6.07) is 8.23. The molecule has 2 N–H and O–H groups in total. The summed E-state index contributed by atoms with van der Waals surface area (Å²) in [5, 5.41) is 6.69. The molecule has 1 atom stereocenters. The van der Waals surface area contributed by atoms with Crippen LogP contribution in [-0.2, 0) is 9.84 Å². The Balaban J connectivity index is 1.76. The highest BCUT2D eigenvalue weighted by molar-refractivity contribution is 7.92. The molecule has 0 aromatic heterocycles. The van der Waals surface area contributed by atoms with Gasteiger partial charge in [-0.25, -0.2) is 8.42 Å². The van der Waals surface area contributed by atoms with Crippen LogP contribution in [0.2, 0.25) is 0 Å². The average Bonchev–Trinajstić information content (AvgIpc) is 3.04. The Hall–Kier alpha value is -1.76. The number of benzene rings is 1. The molecule has 1 aromatic rings. The van der Waals surface area contributed by atoms with Crippen molar-refractivity contribution >= 4 is 15.8 Å². The third-order valence-electron chi connectivity index (χ3n) is 5.93. The van der Waals surface area contributed by atoms with E-state index in [1.807, 2.05) is 18.2 Å². The van der Waals surface area contributed by atoms with E-state index < -0.39 is 14.6 Å². The molecule has 1 aromatic carbocycles. The lowest BCUT2D eigenvalue weighted by Crippen LogP contribution is -2.50. The lowest BCUT2D eigenvalue weighted by atomic mass is 9.86. The van der Waals surface area contributed by atoms with E-state index in [9.17, 15) is 8.42 Å². The predicted octanol–water partition coefficient (Wildman–Crippen LogP) is 2.81. The van der Waals surface area contributed by atoms with Gasteiger partial charge in [0.25, 0.3) is 0 Å². The fraction of sp³-hybridized carbons (Fsp3) is 0.650. The van der Waals surface area contributed by atoms with E-state index in [0.29, 0.717) is 12.5 Å². The molecule has 7 heteroatoms. The van der Waals surface area contributed by atoms with Crippen LogP contribution in [0.25, 0.3) is 0 Å². The third kappa shape index (κ3) is 4.23. The number of sulfone groups is 1. The number of guanidine groups is 1. The molecule has 1 unspecified atom stereocenters. The number of fused-ring (bicyclic) bond motifs is 1. The molecule has 1 heterocycles. The van der Waals surface area contributed by atoms with Gasteiger partial charge < -0.3 is 15.4 Å². The summed E-state index contributed by atoms with van der Waals surface area (Å²) in [5.74, 6) is 1.55. The first-order valence-corrected chi connectivity index (χ1v) is 11.5. The highest BCUT2D eigenvalue weighted by Crippen LogP contribution is 2.46. The largest absolute Gasteiger partial charge is 0.487 e. The normalized spacial score (nSPS) is 22.2. The van der Waals surface area contributed by atoms with Crippen LogP contribution in [0.15, 0.2) is 29.3 Å². The van der Waals surface area contributed by atoms with Crippen molar-refractivity contribution in [1.29, 1.82) is 0 Å². The van der Waals surface area contributed by atoms with Crippen LogP contribution in [-0.4, -0.2) is 44.6 Å². The van der Waals surface area contributed by atoms with Crippen LogP contribution in [0, 0.1) is 0 Å². The first-order chi connectivity index (χ1) is 12.7. The van der Waals surface area contributed by atoms with Crippen LogP contribution in [0.4, 0.5) is 0 Å². The van der Waals surface area contributed by atoms with Gasteiger partial charge in [0.15, 0.2) is 15.8 Å². The van der Waals surface area contributed by atoms with Crippen LogP contribution < -0.4 is 15.4 Å². The maximum Gasteiger partial charge on any atom is 0.191 e. The van der Waals surface area contributed by atoms with Gasteiger partial charge in [-0.3, -0.25) is 4.99 Å². The molecule has 1 aliphatic heterocycles. The van der Waals surface area contributed by atoms with E-state index in [1.54, 1.807) is 20.9 Å². The number of rotatable bonds is 4. The van der Waals surface area contributed by atoms with Crippen molar-refractivity contribution in [2.75, 3.05) is 19.8 Å². The molecule has 0 radical (unpaired) electrons. The quantitative estimate of drug-likeness (QED) is 0.607. The summed E-state index contributed by atoms with van der Waals surface area (Å²) in [6.07, 6.45) is 6.71. The van der Waals surface area contributed by atoms with E-state index in [0.717, 1.165) is 30.6 Å². The monoisotopic (exact) mass is 393 g/mol. The van der Waals surface area contributed by atoms with Crippen LogP contribution in [0.1, 0.15) is 57.6 Å². The van der Waals surface area contributed by atoms with Crippen LogP contribution in [0.3, 0.4) is 0 Å². The average molecular weight is 394 g/mol. The van der Waals surface area contributed by atoms with Gasteiger partial charge in [0.1, 0.15) is 11.4 Å². The van der Waals surface area contributed by atoms with Gasteiger partial charge in [0.05, 0.1) is 10.8 Å². The summed E-state index contributed by atoms with van der Waals surface area (Å²) in [5.41, 5.74) is 1.03. The first-order valence-electron chi connectivity index (χ1n) is 9.61. The first kappa shape index (κ1) is 20.0. The molecule has 1 fully saturated rings. The van der Waals surface area contributed by atoms with Crippen molar-refractivity contribution in [2.45, 2.75) is 62.3 Å². The molecule has 1 aliphatic carbocycles. The molecule has 6 nitrogen and oxygen atoms in total. The smallest absolute Gasteiger partial charge is 0.191 e. The van der Waals surface area contributed by atoms with E-state index in [-0.39, 0.29) is 11.6 Å². The summed E-state index contributed by atoms with van der Waals surface area (Å²) < 4.78 is 29.5. The van der Waals surface area contributed by atoms with Gasteiger partial charge in [-0.2, -0.15) is 0 Å². The minimum atomic E-state index is -3.17. The number of para-hydroxylation sites is 1. The number of hydrogen-bond acceptors (Lipinski definition) is 4. The maximum absolute atomic E-state index is 12.0. The summed E-state index contributed by atoms with van der Waals surface area (Å²) in [4.78, 5) is 4.31. The van der Waals surface area contributed by atoms with E-state index in [2.05, 4.69) is 21.7 Å². The number of aliphatic imine (C=N–C) groups is 1. The molecule has 1 spiro atoms. The van der Waals surface area contributed by atoms with Gasteiger partial charge >= 0.3 is 0 Å². The molecular formula is C20H31N3O3S. The van der Waals surface area contributed by atoms with E-state index >= 15 is 0 Å². The fourth-order valence-corrected chi connectivity index (χ4v) is 4.19. The zero-order valence-electron chi connectivity index (χ0n) is 16.7. The van der Waals surface area contributed by atoms with Crippen molar-refractivity contribution in [2.24, 2.45) is 4.99 Å². The highest BCUT2D eigenvalue weighted by atomic mass is 32.2. The summed E-state index contributed by atoms with van der Waals surface area (Å²) in [6.45, 7) is 3.74. The minimum absolute atomic E-state index is 0.0839. The van der Waals surface area contributed by atoms with Crippen LogP contribution in [0.5, 0.6) is 5.75 Å². The van der Waals surface area contributed by atoms with Gasteiger partial charge in [-0.05, 0) is 45.6 Å². The summed E-state index contributed by atoms with van der Waals surface area (Å²) in [7, 11) is -1.46. The maximum atomic E-state index is 12.0. The zero-order chi connectivity index (χ0) is 19.7. The Bertz CT molecular complexity index is 812. The van der Waals surface area contributed by atoms with Crippen molar-refractivity contribution in [3.63, 3.8) is 0 Å². The standard InChI is InChI=1S/C20H31N3O3S/c1-19(2,27(4,24)25)14-22-18(21-3)23-16-13-20(11-7-8-12-20)26-17-10-6-5-9-15(16)17/h5-6,9-10,16H,7-8,11-14H2,1-4H3,(H2,21,22,23). The third-order valence-corrected chi connectivity index (χ3v) is 8.08. The molecule has 0 saturated heterocycles. The lowest BCUT2D eigenvalue weighted by molar-refractivity contribution is 0.0396. The van der Waals surface area contributed by atoms with Gasteiger partial charge in [-0.15, -0.1) is 0 Å². The molecule has 2 aliphatic rings. The fourth-order valence-electron chi connectivity index (χ4n) is 3.86. The second kappa shape index (κ2) is 7.34. The lowest BCUT2D eigenvalue weighted by Gasteiger charge is -2.40. The number of hydrogen-bond donors (Lipinski definition) is 2. The molecule has 27 heavy (non-hydrogen) atoms. The van der Waals surface area contributed by atoms with Gasteiger partial charge in [-0.1, -0.05) is 18.2 Å². The Labute approximate surface area is 162 Å². The van der Waals surface area contributed by atoms with Gasteiger partial charge in [0.2, 0.25) is 0 Å². The Morgan fingerprint density at radius 2 is 1.96 bits per heavy atom. The second-order valence-corrected chi connectivity index (χ2v) is 11.0. The molecule has 0 bridgehead atoms. The van der Waals surface area contributed by atoms with Crippen molar-refractivity contribution in [3.05, 3.63) is 29.8 Å². The Morgan fingerprint density at radius 3 is 2.59 bits per heavy atom. The van der Waals surface area contributed by atoms with Crippen LogP contribution >= 0.6 is 0 Å². The predicted molar refractivity (Wildman–Crippen MR) is 109 cm³/mol. The van der Waals surface area contributed by atoms with Gasteiger partial charge in [0, 0.05) is 31.8 Å². The Kier molecular flexibility index (Phi) is 5.43. The van der Waals surface area contributed by atoms with E-state index in [1.165, 1.54) is 19.1 Å². The summed E-state index contributed by atoms with van der Waals surface area (Å²) >= 11 is 0. The topological polar surface area (TPSA) is 79.8 Å². The molecule has 1 saturated carbocycles. The van der Waals surface area contributed by atoms with Crippen molar-refractivity contribution < 1.29 is 13.2 Å². The molecular weight excluding hydrogens is 362 g/mol. The number of nitrogens with zero attached hydrogens (tertiary/aromatic N) is 1. The van der Waals surface area contributed by atoms with E-state index in [4.69, 9.17) is 4.74 Å². The number of nitrogens with one attached hydrogen (secondary N) is 2. The highest BCUT2D eigenvalue weighted by Gasteiger charge is 2.43. The number of ether oxygens (including phenoxy) is 1. The SMILES string of the molecule is CN=C(NCC(C)(C)S(C)(=O)=O)NC1CC2(CCCC2)Oc2ccccc21. The minimum Gasteiger partial charge on any atom is -0.487 e. The van der Waals surface area contributed by atoms with Crippen molar-refractivity contribution in [3.8, 4) is 5.75 Å². The molecule has 150 valence electrons. The van der Waals surface area contributed by atoms with Crippen molar-refractivity contribution in [1.82, 2.24) is 10.6 Å². The zero-order valence-corrected chi connectivity index (χ0v) is 17.5. The second-order valence-electron chi connectivity index (χ2n) is 8.39. The molecule has 0 amide bonds. The Morgan fingerprint density at radius 1 is 1.30 bits per heavy atom. The molecule has 3 rings (SSSR count).